The summed E-state index contributed by atoms with van der Waals surface area (Å²) in [5, 5.41) is 0. The smallest absolute Gasteiger partial charge is 0.417 e. The van der Waals surface area contributed by atoms with Gasteiger partial charge in [-0.15, -0.1) is 0 Å². The summed E-state index contributed by atoms with van der Waals surface area (Å²) in [5.74, 6) is -1.15. The fraction of sp³-hybridized carbons (Fsp3) is 0.625. The van der Waals surface area contributed by atoms with Crippen molar-refractivity contribution in [3.63, 3.8) is 0 Å². The molecule has 6 nitrogen and oxygen atoms in total. The zero-order valence-corrected chi connectivity index (χ0v) is 19.0. The Hall–Kier alpha value is -2.37. The molecule has 1 aliphatic heterocycles. The molecule has 30 heavy (non-hydrogen) atoms. The lowest BCUT2D eigenvalue weighted by Crippen LogP contribution is -2.43. The molecule has 1 heterocycles. The summed E-state index contributed by atoms with van der Waals surface area (Å²) in [4.78, 5) is 39.7. The van der Waals surface area contributed by atoms with Gasteiger partial charge in [0.05, 0.1) is 12.5 Å². The molecule has 166 valence electrons. The van der Waals surface area contributed by atoms with E-state index in [2.05, 4.69) is 13.8 Å². The van der Waals surface area contributed by atoms with E-state index >= 15 is 0 Å². The highest BCUT2D eigenvalue weighted by molar-refractivity contribution is 5.96. The van der Waals surface area contributed by atoms with Crippen LogP contribution in [0.1, 0.15) is 78.9 Å². The third-order valence-electron chi connectivity index (χ3n) is 5.29. The van der Waals surface area contributed by atoms with Gasteiger partial charge in [-0.2, -0.15) is 0 Å². The number of hydrogen-bond donors (Lipinski definition) is 0. The second-order valence-corrected chi connectivity index (χ2v) is 9.28. The van der Waals surface area contributed by atoms with E-state index in [1.165, 1.54) is 4.90 Å². The van der Waals surface area contributed by atoms with Crippen molar-refractivity contribution in [3.05, 3.63) is 35.9 Å². The second-order valence-electron chi connectivity index (χ2n) is 9.28. The first kappa shape index (κ1) is 23.9. The molecule has 2 rings (SSSR count). The maximum absolute atomic E-state index is 13.4. The average Bonchev–Trinajstić information content (AvgIpc) is 2.94. The molecule has 0 bridgehead atoms. The molecule has 1 aliphatic rings. The first-order valence-corrected chi connectivity index (χ1v) is 10.8. The Bertz CT molecular complexity index is 740. The van der Waals surface area contributed by atoms with E-state index in [0.29, 0.717) is 6.42 Å². The molecule has 0 aromatic heterocycles. The van der Waals surface area contributed by atoms with Crippen molar-refractivity contribution in [2.75, 3.05) is 0 Å². The molecular weight excluding hydrogens is 382 g/mol. The van der Waals surface area contributed by atoms with Crippen molar-refractivity contribution < 1.29 is 23.9 Å². The van der Waals surface area contributed by atoms with Gasteiger partial charge in [-0.05, 0) is 45.6 Å². The van der Waals surface area contributed by atoms with Crippen LogP contribution in [0, 0.1) is 11.8 Å². The van der Waals surface area contributed by atoms with Crippen LogP contribution in [-0.4, -0.2) is 34.5 Å². The minimum Gasteiger partial charge on any atom is -0.460 e. The third kappa shape index (κ3) is 6.31. The maximum atomic E-state index is 13.4. The molecule has 0 spiro atoms. The molecule has 1 fully saturated rings. The predicted molar refractivity (Wildman–Crippen MR) is 115 cm³/mol. The van der Waals surface area contributed by atoms with Crippen molar-refractivity contribution in [2.45, 2.75) is 85.0 Å². The van der Waals surface area contributed by atoms with Gasteiger partial charge >= 0.3 is 12.1 Å². The number of imide groups is 1. The molecule has 1 saturated heterocycles. The SMILES string of the molecule is CCC[C@H](C)C[C@@H](CC(=O)OC(C)(C)C)C(=O)N1C(=O)O[C@@H](c2ccccc2)[C@H]1C. The van der Waals surface area contributed by atoms with E-state index in [1.807, 2.05) is 30.3 Å². The molecule has 0 aliphatic carbocycles. The molecule has 0 saturated carbocycles. The summed E-state index contributed by atoms with van der Waals surface area (Å²) < 4.78 is 11.0. The Balaban J connectivity index is 2.20. The molecule has 0 unspecified atom stereocenters. The van der Waals surface area contributed by atoms with Crippen molar-refractivity contribution in [1.29, 1.82) is 0 Å². The number of carbonyl (C=O) groups excluding carboxylic acids is 3. The Morgan fingerprint density at radius 3 is 2.40 bits per heavy atom. The Morgan fingerprint density at radius 1 is 1.20 bits per heavy atom. The summed E-state index contributed by atoms with van der Waals surface area (Å²) in [5.41, 5.74) is 0.217. The largest absolute Gasteiger partial charge is 0.460 e. The molecule has 1 aromatic carbocycles. The average molecular weight is 418 g/mol. The van der Waals surface area contributed by atoms with Gasteiger partial charge in [0, 0.05) is 5.92 Å². The second kappa shape index (κ2) is 10.1. The van der Waals surface area contributed by atoms with Crippen LogP contribution < -0.4 is 0 Å². The number of cyclic esters (lactones) is 1. The minimum absolute atomic E-state index is 0.0450. The number of nitrogens with zero attached hydrogens (tertiary/aromatic N) is 1. The van der Waals surface area contributed by atoms with E-state index in [9.17, 15) is 14.4 Å². The van der Waals surface area contributed by atoms with Crippen LogP contribution >= 0.6 is 0 Å². The van der Waals surface area contributed by atoms with Crippen LogP contribution in [-0.2, 0) is 19.1 Å². The normalized spacial score (nSPS) is 21.1. The van der Waals surface area contributed by atoms with E-state index in [4.69, 9.17) is 9.47 Å². The van der Waals surface area contributed by atoms with Gasteiger partial charge in [-0.3, -0.25) is 9.59 Å². The standard InChI is InChI=1S/C24H35NO5/c1-7-11-16(2)14-19(15-20(26)30-24(4,5)6)22(27)25-17(3)21(29-23(25)28)18-12-9-8-10-13-18/h8-10,12-13,16-17,19,21H,7,11,14-15H2,1-6H3/t16-,17+,19-,21+/m0/s1. The fourth-order valence-corrected chi connectivity index (χ4v) is 3.99. The van der Waals surface area contributed by atoms with Gasteiger partial charge in [0.1, 0.15) is 11.7 Å². The molecule has 1 aromatic rings. The topological polar surface area (TPSA) is 72.9 Å². The van der Waals surface area contributed by atoms with Crippen molar-refractivity contribution >= 4 is 18.0 Å². The monoisotopic (exact) mass is 417 g/mol. The van der Waals surface area contributed by atoms with E-state index in [1.54, 1.807) is 27.7 Å². The highest BCUT2D eigenvalue weighted by atomic mass is 16.6. The molecule has 0 N–H and O–H groups in total. The Kier molecular flexibility index (Phi) is 8.04. The minimum atomic E-state index is -0.654. The number of amides is 2. The molecule has 2 amide bonds. The van der Waals surface area contributed by atoms with Gasteiger partial charge < -0.3 is 9.47 Å². The number of ether oxygens (including phenoxy) is 2. The van der Waals surface area contributed by atoms with Crippen molar-refractivity contribution in [3.8, 4) is 0 Å². The van der Waals surface area contributed by atoms with Gasteiger partial charge in [-0.25, -0.2) is 9.69 Å². The van der Waals surface area contributed by atoms with Crippen molar-refractivity contribution in [1.82, 2.24) is 4.90 Å². The highest BCUT2D eigenvalue weighted by Crippen LogP contribution is 2.35. The Labute approximate surface area is 179 Å². The fourth-order valence-electron chi connectivity index (χ4n) is 3.99. The van der Waals surface area contributed by atoms with Crippen LogP contribution in [0.25, 0.3) is 0 Å². The van der Waals surface area contributed by atoms with Crippen LogP contribution in [0.4, 0.5) is 4.79 Å². The first-order valence-electron chi connectivity index (χ1n) is 10.8. The van der Waals surface area contributed by atoms with Crippen LogP contribution in [0.5, 0.6) is 0 Å². The third-order valence-corrected chi connectivity index (χ3v) is 5.29. The van der Waals surface area contributed by atoms with Crippen LogP contribution in [0.15, 0.2) is 30.3 Å². The number of esters is 1. The summed E-state index contributed by atoms with van der Waals surface area (Å²) in [6, 6.07) is 8.94. The van der Waals surface area contributed by atoms with E-state index in [0.717, 1.165) is 18.4 Å². The lowest BCUT2D eigenvalue weighted by molar-refractivity contribution is -0.158. The highest BCUT2D eigenvalue weighted by Gasteiger charge is 2.45. The van der Waals surface area contributed by atoms with Crippen molar-refractivity contribution in [2.24, 2.45) is 11.8 Å². The van der Waals surface area contributed by atoms with Crippen LogP contribution in [0.2, 0.25) is 0 Å². The molecule has 0 radical (unpaired) electrons. The van der Waals surface area contributed by atoms with E-state index in [-0.39, 0.29) is 18.2 Å². The van der Waals surface area contributed by atoms with Gasteiger partial charge in [0.15, 0.2) is 0 Å². The first-order chi connectivity index (χ1) is 14.0. The zero-order valence-electron chi connectivity index (χ0n) is 19.0. The van der Waals surface area contributed by atoms with Gasteiger partial charge in [0.25, 0.3) is 0 Å². The van der Waals surface area contributed by atoms with E-state index < -0.39 is 35.7 Å². The zero-order chi connectivity index (χ0) is 22.5. The predicted octanol–water partition coefficient (Wildman–Crippen LogP) is 5.27. The number of carbonyl (C=O) groups is 3. The molecule has 6 heteroatoms. The quantitative estimate of drug-likeness (QED) is 0.539. The molecule has 4 atom stereocenters. The summed E-state index contributed by atoms with van der Waals surface area (Å²) >= 11 is 0. The van der Waals surface area contributed by atoms with Gasteiger partial charge in [0.2, 0.25) is 5.91 Å². The number of benzene rings is 1. The molecular formula is C24H35NO5. The summed E-state index contributed by atoms with van der Waals surface area (Å²) in [6.45, 7) is 11.4. The van der Waals surface area contributed by atoms with Gasteiger partial charge in [-0.1, -0.05) is 57.0 Å². The summed E-state index contributed by atoms with van der Waals surface area (Å²) in [6.07, 6.45) is 1.25. The number of hydrogen-bond acceptors (Lipinski definition) is 5. The lowest BCUT2D eigenvalue weighted by atomic mass is 9.89. The van der Waals surface area contributed by atoms with Crippen LogP contribution in [0.3, 0.4) is 0 Å². The number of rotatable bonds is 8. The summed E-state index contributed by atoms with van der Waals surface area (Å²) in [7, 11) is 0. The lowest BCUT2D eigenvalue weighted by Gasteiger charge is -2.27. The Morgan fingerprint density at radius 2 is 1.83 bits per heavy atom. The maximum Gasteiger partial charge on any atom is 0.417 e.